The van der Waals surface area contributed by atoms with Crippen LogP contribution in [0.2, 0.25) is 0 Å². The van der Waals surface area contributed by atoms with Crippen molar-refractivity contribution in [3.8, 4) is 0 Å². The number of nitrogens with zero attached hydrogens (tertiary/aromatic N) is 3. The number of hydrogen-bond acceptors (Lipinski definition) is 4. The molecule has 19 heavy (non-hydrogen) atoms. The monoisotopic (exact) mass is 259 g/mol. The molecule has 0 aliphatic rings. The lowest BCUT2D eigenvalue weighted by atomic mass is 10.1. The fraction of sp³-hybridized carbons (Fsp3) is 0.467. The SMILES string of the molecule is CC(Cc1cnccn1)N(C)CCCc1ccco1. The van der Waals surface area contributed by atoms with Gasteiger partial charge in [0, 0.05) is 37.5 Å². The highest BCUT2D eigenvalue weighted by molar-refractivity contribution is 4.99. The lowest BCUT2D eigenvalue weighted by Crippen LogP contribution is -2.32. The lowest BCUT2D eigenvalue weighted by molar-refractivity contribution is 0.250. The quantitative estimate of drug-likeness (QED) is 0.766. The minimum absolute atomic E-state index is 0.466. The largest absolute Gasteiger partial charge is 0.469 e. The van der Waals surface area contributed by atoms with E-state index in [1.165, 1.54) is 0 Å². The molecule has 0 amide bonds. The van der Waals surface area contributed by atoms with Gasteiger partial charge < -0.3 is 9.32 Å². The van der Waals surface area contributed by atoms with E-state index in [0.29, 0.717) is 6.04 Å². The highest BCUT2D eigenvalue weighted by Crippen LogP contribution is 2.07. The Bertz CT molecular complexity index is 456. The van der Waals surface area contributed by atoms with E-state index < -0.39 is 0 Å². The van der Waals surface area contributed by atoms with Crippen molar-refractivity contribution in [2.45, 2.75) is 32.2 Å². The van der Waals surface area contributed by atoms with Crippen molar-refractivity contribution in [1.82, 2.24) is 14.9 Å². The summed E-state index contributed by atoms with van der Waals surface area (Å²) in [6, 6.07) is 4.44. The van der Waals surface area contributed by atoms with E-state index in [2.05, 4.69) is 28.8 Å². The van der Waals surface area contributed by atoms with Crippen LogP contribution in [0.15, 0.2) is 41.4 Å². The van der Waals surface area contributed by atoms with Gasteiger partial charge in [-0.25, -0.2) is 0 Å². The fourth-order valence-corrected chi connectivity index (χ4v) is 2.07. The molecule has 0 aliphatic carbocycles. The molecule has 2 aromatic rings. The van der Waals surface area contributed by atoms with Crippen LogP contribution in [0.4, 0.5) is 0 Å². The first-order valence-electron chi connectivity index (χ1n) is 6.73. The van der Waals surface area contributed by atoms with E-state index >= 15 is 0 Å². The molecule has 0 spiro atoms. The van der Waals surface area contributed by atoms with Crippen LogP contribution in [-0.2, 0) is 12.8 Å². The molecule has 0 aromatic carbocycles. The summed E-state index contributed by atoms with van der Waals surface area (Å²) >= 11 is 0. The number of rotatable bonds is 7. The average Bonchev–Trinajstić information content (AvgIpc) is 2.93. The Kier molecular flexibility index (Phi) is 5.10. The Morgan fingerprint density at radius 3 is 2.95 bits per heavy atom. The number of hydrogen-bond donors (Lipinski definition) is 0. The van der Waals surface area contributed by atoms with E-state index in [4.69, 9.17) is 4.42 Å². The predicted octanol–water partition coefficient (Wildman–Crippen LogP) is 2.57. The summed E-state index contributed by atoms with van der Waals surface area (Å²) in [6.45, 7) is 3.28. The molecule has 0 radical (unpaired) electrons. The molecular formula is C15H21N3O. The van der Waals surface area contributed by atoms with Crippen LogP contribution in [0.5, 0.6) is 0 Å². The number of aryl methyl sites for hydroxylation is 1. The van der Waals surface area contributed by atoms with Gasteiger partial charge in [0.2, 0.25) is 0 Å². The predicted molar refractivity (Wildman–Crippen MR) is 74.9 cm³/mol. The summed E-state index contributed by atoms with van der Waals surface area (Å²) in [5.74, 6) is 1.06. The molecular weight excluding hydrogens is 238 g/mol. The molecule has 0 N–H and O–H groups in total. The molecule has 4 nitrogen and oxygen atoms in total. The Balaban J connectivity index is 1.71. The van der Waals surface area contributed by atoms with E-state index in [1.807, 2.05) is 18.3 Å². The third-order valence-corrected chi connectivity index (χ3v) is 3.39. The topological polar surface area (TPSA) is 42.2 Å². The van der Waals surface area contributed by atoms with Gasteiger partial charge in [-0.05, 0) is 39.1 Å². The minimum atomic E-state index is 0.466. The van der Waals surface area contributed by atoms with E-state index in [9.17, 15) is 0 Å². The number of furan rings is 1. The average molecular weight is 259 g/mol. The molecule has 0 aliphatic heterocycles. The van der Waals surface area contributed by atoms with E-state index in [-0.39, 0.29) is 0 Å². The first-order chi connectivity index (χ1) is 9.25. The van der Waals surface area contributed by atoms with Crippen molar-refractivity contribution < 1.29 is 4.42 Å². The van der Waals surface area contributed by atoms with Crippen molar-refractivity contribution in [3.05, 3.63) is 48.4 Å². The molecule has 0 bridgehead atoms. The van der Waals surface area contributed by atoms with Gasteiger partial charge in [0.05, 0.1) is 12.0 Å². The van der Waals surface area contributed by atoms with Crippen molar-refractivity contribution in [1.29, 1.82) is 0 Å². The molecule has 0 saturated carbocycles. The van der Waals surface area contributed by atoms with Gasteiger partial charge in [-0.1, -0.05) is 0 Å². The fourth-order valence-electron chi connectivity index (χ4n) is 2.07. The zero-order chi connectivity index (χ0) is 13.5. The molecule has 102 valence electrons. The Morgan fingerprint density at radius 2 is 2.26 bits per heavy atom. The highest BCUT2D eigenvalue weighted by atomic mass is 16.3. The number of aromatic nitrogens is 2. The molecule has 0 saturated heterocycles. The first kappa shape index (κ1) is 13.7. The second kappa shape index (κ2) is 7.04. The lowest BCUT2D eigenvalue weighted by Gasteiger charge is -2.24. The van der Waals surface area contributed by atoms with Crippen LogP contribution in [-0.4, -0.2) is 34.5 Å². The second-order valence-corrected chi connectivity index (χ2v) is 4.91. The standard InChI is InChI=1S/C15H21N3O/c1-13(11-14-12-16-7-8-17-14)18(2)9-3-5-15-6-4-10-19-15/h4,6-8,10,12-13H,3,5,9,11H2,1-2H3. The summed E-state index contributed by atoms with van der Waals surface area (Å²) < 4.78 is 5.33. The summed E-state index contributed by atoms with van der Waals surface area (Å²) in [6.07, 6.45) is 10.1. The van der Waals surface area contributed by atoms with Crippen molar-refractivity contribution >= 4 is 0 Å². The van der Waals surface area contributed by atoms with Gasteiger partial charge in [-0.15, -0.1) is 0 Å². The molecule has 2 heterocycles. The first-order valence-corrected chi connectivity index (χ1v) is 6.73. The maximum absolute atomic E-state index is 5.33. The summed E-state index contributed by atoms with van der Waals surface area (Å²) in [7, 11) is 2.16. The zero-order valence-corrected chi connectivity index (χ0v) is 11.6. The Labute approximate surface area is 114 Å². The maximum Gasteiger partial charge on any atom is 0.103 e. The summed E-state index contributed by atoms with van der Waals surface area (Å²) in [5.41, 5.74) is 1.05. The Hall–Kier alpha value is -1.68. The normalized spacial score (nSPS) is 12.8. The third-order valence-electron chi connectivity index (χ3n) is 3.39. The van der Waals surface area contributed by atoms with E-state index in [1.54, 1.807) is 18.7 Å². The van der Waals surface area contributed by atoms with Crippen molar-refractivity contribution in [2.24, 2.45) is 0 Å². The van der Waals surface area contributed by atoms with Crippen LogP contribution >= 0.6 is 0 Å². The molecule has 4 heteroatoms. The molecule has 2 rings (SSSR count). The Morgan fingerprint density at radius 1 is 1.37 bits per heavy atom. The second-order valence-electron chi connectivity index (χ2n) is 4.91. The maximum atomic E-state index is 5.33. The van der Waals surface area contributed by atoms with Gasteiger partial charge in [-0.2, -0.15) is 0 Å². The highest BCUT2D eigenvalue weighted by Gasteiger charge is 2.10. The van der Waals surface area contributed by atoms with E-state index in [0.717, 1.165) is 37.3 Å². The molecule has 2 aromatic heterocycles. The summed E-state index contributed by atoms with van der Waals surface area (Å²) in [5, 5.41) is 0. The van der Waals surface area contributed by atoms with Crippen molar-refractivity contribution in [3.63, 3.8) is 0 Å². The van der Waals surface area contributed by atoms with Crippen LogP contribution in [0.1, 0.15) is 24.8 Å². The van der Waals surface area contributed by atoms with Gasteiger partial charge in [0.15, 0.2) is 0 Å². The summed E-state index contributed by atoms with van der Waals surface area (Å²) in [4.78, 5) is 10.8. The van der Waals surface area contributed by atoms with Crippen LogP contribution in [0.25, 0.3) is 0 Å². The molecule has 1 atom stereocenters. The molecule has 0 fully saturated rings. The van der Waals surface area contributed by atoms with Gasteiger partial charge >= 0.3 is 0 Å². The van der Waals surface area contributed by atoms with Gasteiger partial charge in [-0.3, -0.25) is 9.97 Å². The van der Waals surface area contributed by atoms with Gasteiger partial charge in [0.1, 0.15) is 5.76 Å². The minimum Gasteiger partial charge on any atom is -0.469 e. The van der Waals surface area contributed by atoms with Crippen LogP contribution in [0.3, 0.4) is 0 Å². The van der Waals surface area contributed by atoms with Crippen LogP contribution in [0, 0.1) is 0 Å². The molecule has 1 unspecified atom stereocenters. The third kappa shape index (κ3) is 4.48. The van der Waals surface area contributed by atoms with Gasteiger partial charge in [0.25, 0.3) is 0 Å². The number of likely N-dealkylation sites (N-methyl/N-ethyl adjacent to an activating group) is 1. The smallest absolute Gasteiger partial charge is 0.103 e. The van der Waals surface area contributed by atoms with Crippen molar-refractivity contribution in [2.75, 3.05) is 13.6 Å². The zero-order valence-electron chi connectivity index (χ0n) is 11.6. The van der Waals surface area contributed by atoms with Crippen LogP contribution < -0.4 is 0 Å².